The Morgan fingerprint density at radius 3 is 2.71 bits per heavy atom. The molecule has 0 amide bonds. The first-order valence-corrected chi connectivity index (χ1v) is 6.12. The summed E-state index contributed by atoms with van der Waals surface area (Å²) in [6.45, 7) is 6.73. The zero-order chi connectivity index (χ0) is 12.8. The topological polar surface area (TPSA) is 21.3 Å². The van der Waals surface area contributed by atoms with Crippen LogP contribution < -0.4 is 5.32 Å². The number of nitrogens with one attached hydrogen (secondary N) is 1. The number of hydrogen-bond donors (Lipinski definition) is 1. The highest BCUT2D eigenvalue weighted by Crippen LogP contribution is 2.14. The molecule has 0 radical (unpaired) electrons. The number of benzene rings is 1. The molecular weight excluding hydrogens is 217 g/mol. The smallest absolute Gasteiger partial charge is 0.123 e. The van der Waals surface area contributed by atoms with Crippen LogP contribution in [0.4, 0.5) is 4.39 Å². The highest BCUT2D eigenvalue weighted by molar-refractivity contribution is 5.27. The van der Waals surface area contributed by atoms with Crippen LogP contribution in [0.3, 0.4) is 0 Å². The molecule has 0 spiro atoms. The SMILES string of the molecule is CCOC(C)C(Cc1cc(F)ccc1C)NC. The van der Waals surface area contributed by atoms with Crippen molar-refractivity contribution in [3.8, 4) is 0 Å². The Morgan fingerprint density at radius 1 is 1.41 bits per heavy atom. The van der Waals surface area contributed by atoms with E-state index in [2.05, 4.69) is 5.32 Å². The minimum absolute atomic E-state index is 0.118. The molecule has 2 unspecified atom stereocenters. The maximum Gasteiger partial charge on any atom is 0.123 e. The second-order valence-electron chi connectivity index (χ2n) is 4.33. The summed E-state index contributed by atoms with van der Waals surface area (Å²) >= 11 is 0. The molecule has 0 heterocycles. The molecule has 0 aliphatic heterocycles. The second kappa shape index (κ2) is 6.72. The summed E-state index contributed by atoms with van der Waals surface area (Å²) in [6.07, 6.45) is 0.897. The molecule has 0 saturated carbocycles. The van der Waals surface area contributed by atoms with Gasteiger partial charge in [0, 0.05) is 12.6 Å². The van der Waals surface area contributed by atoms with Gasteiger partial charge in [-0.05, 0) is 57.5 Å². The van der Waals surface area contributed by atoms with Gasteiger partial charge in [0.25, 0.3) is 0 Å². The quantitative estimate of drug-likeness (QED) is 0.824. The molecule has 17 heavy (non-hydrogen) atoms. The van der Waals surface area contributed by atoms with Gasteiger partial charge in [0.2, 0.25) is 0 Å². The molecule has 1 rings (SSSR count). The van der Waals surface area contributed by atoms with E-state index in [9.17, 15) is 4.39 Å². The molecule has 0 aromatic heterocycles. The van der Waals surface area contributed by atoms with E-state index in [-0.39, 0.29) is 18.0 Å². The van der Waals surface area contributed by atoms with Gasteiger partial charge in [-0.25, -0.2) is 4.39 Å². The molecule has 0 fully saturated rings. The second-order valence-corrected chi connectivity index (χ2v) is 4.33. The van der Waals surface area contributed by atoms with Gasteiger partial charge in [-0.2, -0.15) is 0 Å². The van der Waals surface area contributed by atoms with E-state index in [1.165, 1.54) is 6.07 Å². The van der Waals surface area contributed by atoms with E-state index in [0.717, 1.165) is 17.5 Å². The van der Waals surface area contributed by atoms with Crippen LogP contribution in [0.25, 0.3) is 0 Å². The predicted octanol–water partition coefficient (Wildman–Crippen LogP) is 2.69. The molecule has 2 nitrogen and oxygen atoms in total. The van der Waals surface area contributed by atoms with E-state index >= 15 is 0 Å². The number of halogens is 1. The van der Waals surface area contributed by atoms with Gasteiger partial charge in [-0.3, -0.25) is 0 Å². The first-order chi connectivity index (χ1) is 8.08. The van der Waals surface area contributed by atoms with Crippen LogP contribution >= 0.6 is 0 Å². The molecule has 0 bridgehead atoms. The minimum Gasteiger partial charge on any atom is -0.377 e. The zero-order valence-corrected chi connectivity index (χ0v) is 11.1. The summed E-state index contributed by atoms with van der Waals surface area (Å²) < 4.78 is 18.8. The Morgan fingerprint density at radius 2 is 2.12 bits per heavy atom. The van der Waals surface area contributed by atoms with Gasteiger partial charge in [-0.1, -0.05) is 6.07 Å². The van der Waals surface area contributed by atoms with E-state index in [1.807, 2.05) is 33.9 Å². The first kappa shape index (κ1) is 14.1. The van der Waals surface area contributed by atoms with Crippen molar-refractivity contribution >= 4 is 0 Å². The third-order valence-electron chi connectivity index (χ3n) is 3.12. The molecular formula is C14H22FNO. The Hall–Kier alpha value is -0.930. The van der Waals surface area contributed by atoms with Crippen molar-refractivity contribution in [1.82, 2.24) is 5.32 Å². The largest absolute Gasteiger partial charge is 0.377 e. The fourth-order valence-electron chi connectivity index (χ4n) is 1.98. The van der Waals surface area contributed by atoms with Crippen LogP contribution in [0.1, 0.15) is 25.0 Å². The maximum atomic E-state index is 13.2. The van der Waals surface area contributed by atoms with Crippen LogP contribution in [0.15, 0.2) is 18.2 Å². The monoisotopic (exact) mass is 239 g/mol. The molecule has 96 valence electrons. The van der Waals surface area contributed by atoms with Gasteiger partial charge in [0.1, 0.15) is 5.82 Å². The minimum atomic E-state index is -0.176. The highest BCUT2D eigenvalue weighted by atomic mass is 19.1. The van der Waals surface area contributed by atoms with Crippen LogP contribution in [-0.4, -0.2) is 25.8 Å². The maximum absolute atomic E-state index is 13.2. The number of aryl methyl sites for hydroxylation is 1. The molecule has 3 heteroatoms. The average Bonchev–Trinajstić information content (AvgIpc) is 2.30. The standard InChI is InChI=1S/C14H22FNO/c1-5-17-11(3)14(16-4)9-12-8-13(15)7-6-10(12)2/h6-8,11,14,16H,5,9H2,1-4H3. The summed E-state index contributed by atoms with van der Waals surface area (Å²) in [5, 5.41) is 3.23. The fraction of sp³-hybridized carbons (Fsp3) is 0.571. The van der Waals surface area contributed by atoms with Crippen molar-refractivity contribution in [2.75, 3.05) is 13.7 Å². The lowest BCUT2D eigenvalue weighted by Gasteiger charge is -2.24. The number of hydrogen-bond acceptors (Lipinski definition) is 2. The van der Waals surface area contributed by atoms with E-state index in [4.69, 9.17) is 4.74 Å². The molecule has 1 aromatic rings. The molecule has 0 aliphatic carbocycles. The van der Waals surface area contributed by atoms with Gasteiger partial charge in [-0.15, -0.1) is 0 Å². The van der Waals surface area contributed by atoms with Gasteiger partial charge in [0.05, 0.1) is 6.10 Å². The number of likely N-dealkylation sites (N-methyl/N-ethyl adjacent to an activating group) is 1. The van der Waals surface area contributed by atoms with E-state index in [0.29, 0.717) is 6.61 Å². The number of ether oxygens (including phenoxy) is 1. The zero-order valence-electron chi connectivity index (χ0n) is 11.1. The molecule has 1 aromatic carbocycles. The van der Waals surface area contributed by atoms with Crippen molar-refractivity contribution in [3.05, 3.63) is 35.1 Å². The third kappa shape index (κ3) is 4.10. The third-order valence-corrected chi connectivity index (χ3v) is 3.12. The lowest BCUT2D eigenvalue weighted by atomic mass is 9.98. The fourth-order valence-corrected chi connectivity index (χ4v) is 1.98. The lowest BCUT2D eigenvalue weighted by molar-refractivity contribution is 0.0496. The summed E-state index contributed by atoms with van der Waals surface area (Å²) in [4.78, 5) is 0. The van der Waals surface area contributed by atoms with Crippen LogP contribution in [0.5, 0.6) is 0 Å². The molecule has 0 aliphatic rings. The highest BCUT2D eigenvalue weighted by Gasteiger charge is 2.17. The van der Waals surface area contributed by atoms with Crippen LogP contribution in [0.2, 0.25) is 0 Å². The average molecular weight is 239 g/mol. The Bertz CT molecular complexity index is 354. The van der Waals surface area contributed by atoms with Crippen molar-refractivity contribution in [2.45, 2.75) is 39.3 Å². The van der Waals surface area contributed by atoms with E-state index < -0.39 is 0 Å². The van der Waals surface area contributed by atoms with E-state index in [1.54, 1.807) is 6.07 Å². The van der Waals surface area contributed by atoms with Crippen molar-refractivity contribution in [1.29, 1.82) is 0 Å². The summed E-state index contributed by atoms with van der Waals surface area (Å²) in [5.74, 6) is -0.176. The van der Waals surface area contributed by atoms with Gasteiger partial charge in [0.15, 0.2) is 0 Å². The van der Waals surface area contributed by atoms with Crippen molar-refractivity contribution < 1.29 is 9.13 Å². The normalized spacial score (nSPS) is 14.6. The van der Waals surface area contributed by atoms with Gasteiger partial charge >= 0.3 is 0 Å². The summed E-state index contributed by atoms with van der Waals surface area (Å²) in [6, 6.07) is 5.13. The van der Waals surface area contributed by atoms with Crippen LogP contribution in [-0.2, 0) is 11.2 Å². The molecule has 0 saturated heterocycles. The Balaban J connectivity index is 2.76. The summed E-state index contributed by atoms with van der Waals surface area (Å²) in [5.41, 5.74) is 2.16. The Kier molecular flexibility index (Phi) is 5.59. The predicted molar refractivity (Wildman–Crippen MR) is 68.8 cm³/mol. The van der Waals surface area contributed by atoms with Crippen LogP contribution in [0, 0.1) is 12.7 Å². The lowest BCUT2D eigenvalue weighted by Crippen LogP contribution is -2.39. The Labute approximate surface area is 103 Å². The van der Waals surface area contributed by atoms with Crippen molar-refractivity contribution in [2.24, 2.45) is 0 Å². The van der Waals surface area contributed by atoms with Gasteiger partial charge < -0.3 is 10.1 Å². The molecule has 2 atom stereocenters. The number of rotatable bonds is 6. The van der Waals surface area contributed by atoms with Crippen molar-refractivity contribution in [3.63, 3.8) is 0 Å². The first-order valence-electron chi connectivity index (χ1n) is 6.12. The summed E-state index contributed by atoms with van der Waals surface area (Å²) in [7, 11) is 1.91. The molecule has 1 N–H and O–H groups in total.